The number of nitrogens with zero attached hydrogens (tertiary/aromatic N) is 1. The second-order valence-corrected chi connectivity index (χ2v) is 8.37. The summed E-state index contributed by atoms with van der Waals surface area (Å²) in [5.74, 6) is -0.912. The molecule has 1 aromatic heterocycles. The zero-order valence-electron chi connectivity index (χ0n) is 17.6. The number of hydrogen-bond acceptors (Lipinski definition) is 3. The lowest BCUT2D eigenvalue weighted by Gasteiger charge is -2.14. The molecular formula is C25H20Cl2FNO4. The van der Waals surface area contributed by atoms with Crippen molar-refractivity contribution in [1.29, 1.82) is 0 Å². The van der Waals surface area contributed by atoms with Gasteiger partial charge in [0.2, 0.25) is 0 Å². The Bertz CT molecular complexity index is 1340. The van der Waals surface area contributed by atoms with Crippen LogP contribution in [0.2, 0.25) is 10.0 Å². The van der Waals surface area contributed by atoms with E-state index in [-0.39, 0.29) is 18.8 Å². The Labute approximate surface area is 199 Å². The molecule has 0 amide bonds. The fraction of sp³-hybridized carbons (Fsp3) is 0.160. The maximum atomic E-state index is 14.2. The monoisotopic (exact) mass is 487 g/mol. The Morgan fingerprint density at radius 2 is 1.76 bits per heavy atom. The molecule has 0 spiro atoms. The molecule has 0 saturated carbocycles. The van der Waals surface area contributed by atoms with Gasteiger partial charge < -0.3 is 19.1 Å². The zero-order valence-corrected chi connectivity index (χ0v) is 19.2. The summed E-state index contributed by atoms with van der Waals surface area (Å²) in [4.78, 5) is 11.8. The van der Waals surface area contributed by atoms with Crippen molar-refractivity contribution in [3.63, 3.8) is 0 Å². The van der Waals surface area contributed by atoms with Gasteiger partial charge in [0.05, 0.1) is 18.7 Å². The Hall–Kier alpha value is -3.06. The first-order chi connectivity index (χ1) is 15.9. The van der Waals surface area contributed by atoms with Crippen molar-refractivity contribution in [2.75, 3.05) is 7.11 Å². The molecule has 0 bridgehead atoms. The van der Waals surface area contributed by atoms with Crippen molar-refractivity contribution in [1.82, 2.24) is 4.57 Å². The highest BCUT2D eigenvalue weighted by atomic mass is 35.5. The summed E-state index contributed by atoms with van der Waals surface area (Å²) in [6, 6.07) is 14.8. The molecule has 0 unspecified atom stereocenters. The molecular weight excluding hydrogens is 468 g/mol. The van der Waals surface area contributed by atoms with Crippen molar-refractivity contribution in [2.45, 2.75) is 19.8 Å². The van der Waals surface area contributed by atoms with Gasteiger partial charge in [0.15, 0.2) is 0 Å². The fourth-order valence-corrected chi connectivity index (χ4v) is 4.16. The predicted octanol–water partition coefficient (Wildman–Crippen LogP) is 6.56. The average molecular weight is 488 g/mol. The van der Waals surface area contributed by atoms with Crippen LogP contribution in [0, 0.1) is 5.82 Å². The fourth-order valence-electron chi connectivity index (χ4n) is 3.80. The summed E-state index contributed by atoms with van der Waals surface area (Å²) in [7, 11) is 1.56. The lowest BCUT2D eigenvalue weighted by atomic mass is 10.1. The molecule has 3 aromatic carbocycles. The lowest BCUT2D eigenvalue weighted by Crippen LogP contribution is -2.04. The molecule has 0 aliphatic heterocycles. The highest BCUT2D eigenvalue weighted by molar-refractivity contribution is 6.30. The molecule has 4 aromatic rings. The first kappa shape index (κ1) is 23.1. The van der Waals surface area contributed by atoms with Gasteiger partial charge in [0, 0.05) is 50.9 Å². The molecule has 8 heteroatoms. The Balaban J connectivity index is 1.70. The van der Waals surface area contributed by atoms with Crippen LogP contribution in [0.5, 0.6) is 5.75 Å². The quantitative estimate of drug-likeness (QED) is 0.305. The number of carbonyl (C=O) groups is 1. The summed E-state index contributed by atoms with van der Waals surface area (Å²) >= 11 is 12.1. The number of halogens is 3. The van der Waals surface area contributed by atoms with E-state index in [4.69, 9.17) is 32.7 Å². The molecule has 0 atom stereocenters. The normalized spacial score (nSPS) is 11.2. The van der Waals surface area contributed by atoms with Crippen LogP contribution < -0.4 is 4.74 Å². The van der Waals surface area contributed by atoms with Crippen molar-refractivity contribution >= 4 is 40.1 Å². The third-order valence-corrected chi connectivity index (χ3v) is 5.75. The number of carboxylic acids is 1. The SMILES string of the molecule is COCc1cn(Cc2cc(Cl)ccc2OCc2ccc(Cl)cc2F)c2cccc(C(=O)O)c12. The molecule has 0 aliphatic carbocycles. The summed E-state index contributed by atoms with van der Waals surface area (Å²) < 4.78 is 27.3. The van der Waals surface area contributed by atoms with E-state index in [1.54, 1.807) is 49.6 Å². The molecule has 5 nitrogen and oxygen atoms in total. The molecule has 0 saturated heterocycles. The molecule has 0 aliphatic rings. The first-order valence-electron chi connectivity index (χ1n) is 10.1. The molecule has 0 fully saturated rings. The number of ether oxygens (including phenoxy) is 2. The first-order valence-corrected chi connectivity index (χ1v) is 10.8. The third-order valence-electron chi connectivity index (χ3n) is 5.28. The van der Waals surface area contributed by atoms with Crippen LogP contribution in [0.25, 0.3) is 10.9 Å². The van der Waals surface area contributed by atoms with E-state index in [2.05, 4.69) is 0 Å². The van der Waals surface area contributed by atoms with E-state index < -0.39 is 11.8 Å². The van der Waals surface area contributed by atoms with Crippen LogP contribution in [0.1, 0.15) is 27.0 Å². The summed E-state index contributed by atoms with van der Waals surface area (Å²) in [5, 5.41) is 11.1. The number of methoxy groups -OCH3 is 1. The molecule has 1 N–H and O–H groups in total. The second-order valence-electron chi connectivity index (χ2n) is 7.50. The Morgan fingerprint density at radius 3 is 2.48 bits per heavy atom. The maximum absolute atomic E-state index is 14.2. The van der Waals surface area contributed by atoms with Crippen molar-refractivity contribution in [3.05, 3.63) is 98.9 Å². The van der Waals surface area contributed by atoms with E-state index in [9.17, 15) is 14.3 Å². The Kier molecular flexibility index (Phi) is 6.88. The number of aromatic nitrogens is 1. The standard InChI is InChI=1S/C25H20Cl2FNO4/c1-32-13-17-12-29(22-4-2-3-20(24(17)22)25(30)31)11-16-9-18(26)7-8-23(16)33-14-15-5-6-19(27)10-21(15)28/h2-10,12H,11,13-14H2,1H3,(H,30,31). The molecule has 170 valence electrons. The predicted molar refractivity (Wildman–Crippen MR) is 126 cm³/mol. The van der Waals surface area contributed by atoms with E-state index in [0.29, 0.717) is 33.3 Å². The van der Waals surface area contributed by atoms with Gasteiger partial charge in [-0.05, 0) is 42.5 Å². The van der Waals surface area contributed by atoms with Gasteiger partial charge in [0.1, 0.15) is 18.2 Å². The number of benzene rings is 3. The molecule has 4 rings (SSSR count). The zero-order chi connectivity index (χ0) is 23.5. The van der Waals surface area contributed by atoms with Crippen LogP contribution in [-0.4, -0.2) is 22.8 Å². The van der Waals surface area contributed by atoms with Gasteiger partial charge >= 0.3 is 5.97 Å². The molecule has 1 heterocycles. The number of rotatable bonds is 8. The smallest absolute Gasteiger partial charge is 0.336 e. The van der Waals surface area contributed by atoms with E-state index in [0.717, 1.165) is 16.6 Å². The number of carboxylic acid groups (broad SMARTS) is 1. The third kappa shape index (κ3) is 4.98. The van der Waals surface area contributed by atoms with Crippen LogP contribution in [0.15, 0.2) is 60.8 Å². The van der Waals surface area contributed by atoms with Gasteiger partial charge in [-0.25, -0.2) is 9.18 Å². The van der Waals surface area contributed by atoms with E-state index >= 15 is 0 Å². The van der Waals surface area contributed by atoms with Gasteiger partial charge in [-0.2, -0.15) is 0 Å². The summed E-state index contributed by atoms with van der Waals surface area (Å²) in [6.45, 7) is 0.646. The van der Waals surface area contributed by atoms with Gasteiger partial charge in [-0.15, -0.1) is 0 Å². The minimum atomic E-state index is -1.01. The van der Waals surface area contributed by atoms with Gasteiger partial charge in [0.25, 0.3) is 0 Å². The maximum Gasteiger partial charge on any atom is 0.336 e. The number of fused-ring (bicyclic) bond motifs is 1. The lowest BCUT2D eigenvalue weighted by molar-refractivity contribution is 0.0699. The minimum absolute atomic E-state index is 0.0160. The second kappa shape index (κ2) is 9.83. The Morgan fingerprint density at radius 1 is 1.00 bits per heavy atom. The molecule has 0 radical (unpaired) electrons. The highest BCUT2D eigenvalue weighted by Crippen LogP contribution is 2.30. The minimum Gasteiger partial charge on any atom is -0.488 e. The topological polar surface area (TPSA) is 60.7 Å². The van der Waals surface area contributed by atoms with E-state index in [1.807, 2.05) is 16.8 Å². The van der Waals surface area contributed by atoms with E-state index in [1.165, 1.54) is 6.07 Å². The van der Waals surface area contributed by atoms with Crippen LogP contribution in [0.3, 0.4) is 0 Å². The van der Waals surface area contributed by atoms with Gasteiger partial charge in [-0.1, -0.05) is 35.3 Å². The summed E-state index contributed by atoms with van der Waals surface area (Å²) in [5.41, 5.74) is 2.85. The van der Waals surface area contributed by atoms with Crippen LogP contribution >= 0.6 is 23.2 Å². The van der Waals surface area contributed by atoms with Crippen molar-refractivity contribution < 1.29 is 23.8 Å². The van der Waals surface area contributed by atoms with Crippen LogP contribution in [-0.2, 0) is 24.5 Å². The summed E-state index contributed by atoms with van der Waals surface area (Å²) in [6.07, 6.45) is 1.87. The molecule has 33 heavy (non-hydrogen) atoms. The average Bonchev–Trinajstić information content (AvgIpc) is 3.12. The van der Waals surface area contributed by atoms with Crippen molar-refractivity contribution in [2.24, 2.45) is 0 Å². The number of aromatic carboxylic acids is 1. The van der Waals surface area contributed by atoms with Crippen LogP contribution in [0.4, 0.5) is 4.39 Å². The number of hydrogen-bond donors (Lipinski definition) is 1. The highest BCUT2D eigenvalue weighted by Gasteiger charge is 2.18. The van der Waals surface area contributed by atoms with Gasteiger partial charge in [-0.3, -0.25) is 0 Å². The van der Waals surface area contributed by atoms with Crippen molar-refractivity contribution in [3.8, 4) is 5.75 Å². The largest absolute Gasteiger partial charge is 0.488 e.